The van der Waals surface area contributed by atoms with Crippen molar-refractivity contribution in [3.63, 3.8) is 0 Å². The van der Waals surface area contributed by atoms with E-state index in [0.29, 0.717) is 16.9 Å². The molecule has 4 aromatic rings. The highest BCUT2D eigenvalue weighted by molar-refractivity contribution is 7.95. The molecule has 1 aromatic heterocycles. The zero-order chi connectivity index (χ0) is 31.5. The summed E-state index contributed by atoms with van der Waals surface area (Å²) in [6.07, 6.45) is -4.67. The summed E-state index contributed by atoms with van der Waals surface area (Å²) >= 11 is 0. The van der Waals surface area contributed by atoms with Crippen LogP contribution in [0, 0.1) is 13.5 Å². The number of rotatable bonds is 7. The van der Waals surface area contributed by atoms with Gasteiger partial charge in [0.1, 0.15) is 0 Å². The number of nitrogens with one attached hydrogen (secondary N) is 1. The van der Waals surface area contributed by atoms with E-state index in [0.717, 1.165) is 11.6 Å². The molecule has 1 heterocycles. The molecule has 2 amide bonds. The van der Waals surface area contributed by atoms with Crippen molar-refractivity contribution in [1.82, 2.24) is 14.7 Å². The van der Waals surface area contributed by atoms with Crippen LogP contribution in [0.4, 0.5) is 29.3 Å². The van der Waals surface area contributed by atoms with E-state index >= 15 is 0 Å². The number of halogens is 3. The lowest BCUT2D eigenvalue weighted by Crippen LogP contribution is -2.41. The molecule has 0 radical (unpaired) electrons. The molecule has 0 aliphatic heterocycles. The van der Waals surface area contributed by atoms with Gasteiger partial charge in [-0.15, -0.1) is 4.36 Å². The highest BCUT2D eigenvalue weighted by Gasteiger charge is 2.35. The number of anilines is 1. The Morgan fingerprint density at radius 1 is 1.00 bits per heavy atom. The Kier molecular flexibility index (Phi) is 8.96. The van der Waals surface area contributed by atoms with Gasteiger partial charge in [-0.3, -0.25) is 4.72 Å². The van der Waals surface area contributed by atoms with Gasteiger partial charge in [0.25, 0.3) is 0 Å². The first-order valence-electron chi connectivity index (χ1n) is 13.4. The van der Waals surface area contributed by atoms with Crippen molar-refractivity contribution < 1.29 is 22.2 Å². The van der Waals surface area contributed by atoms with Crippen molar-refractivity contribution in [2.45, 2.75) is 57.8 Å². The lowest BCUT2D eigenvalue weighted by atomic mass is 10.1. The quantitative estimate of drug-likeness (QED) is 0.214. The minimum absolute atomic E-state index is 0.116. The molecular formula is C31H31F3N6O2S. The summed E-state index contributed by atoms with van der Waals surface area (Å²) in [5.74, 6) is 0. The van der Waals surface area contributed by atoms with E-state index in [2.05, 4.69) is 19.0 Å². The number of carbonyl (C=O) groups is 1. The van der Waals surface area contributed by atoms with Gasteiger partial charge in [0.05, 0.1) is 22.8 Å². The predicted octanol–water partition coefficient (Wildman–Crippen LogP) is 8.51. The Balaban J connectivity index is 1.84. The second-order valence-electron chi connectivity index (χ2n) is 10.4. The summed E-state index contributed by atoms with van der Waals surface area (Å²) in [5, 5.41) is 3.83. The monoisotopic (exact) mass is 608 g/mol. The summed E-state index contributed by atoms with van der Waals surface area (Å²) in [4.78, 5) is 18.3. The maximum absolute atomic E-state index is 14.4. The molecule has 1 atom stereocenters. The van der Waals surface area contributed by atoms with E-state index in [4.69, 9.17) is 6.57 Å². The topological polar surface area (TPSA) is 84.0 Å². The lowest BCUT2D eigenvalue weighted by molar-refractivity contribution is -0.141. The molecule has 8 nitrogen and oxygen atoms in total. The number of hydrogen-bond acceptors (Lipinski definition) is 3. The highest BCUT2D eigenvalue weighted by atomic mass is 32.2. The van der Waals surface area contributed by atoms with Crippen LogP contribution in [-0.4, -0.2) is 37.0 Å². The van der Waals surface area contributed by atoms with E-state index in [9.17, 15) is 22.2 Å². The molecular weight excluding hydrogens is 577 g/mol. The van der Waals surface area contributed by atoms with Gasteiger partial charge in [-0.25, -0.2) is 18.5 Å². The van der Waals surface area contributed by atoms with Crippen molar-refractivity contribution in [2.75, 3.05) is 4.72 Å². The van der Waals surface area contributed by atoms with E-state index in [1.807, 2.05) is 34.6 Å². The molecule has 1 N–H and O–H groups in total. The van der Waals surface area contributed by atoms with Gasteiger partial charge >= 0.3 is 12.2 Å². The molecule has 0 saturated carbocycles. The molecule has 0 spiro atoms. The van der Waals surface area contributed by atoms with E-state index in [1.54, 1.807) is 42.5 Å². The number of hydrogen-bond donors (Lipinski definition) is 1. The molecule has 0 fully saturated rings. The van der Waals surface area contributed by atoms with Crippen LogP contribution in [0.2, 0.25) is 0 Å². The average molecular weight is 609 g/mol. The maximum atomic E-state index is 14.4. The molecule has 43 heavy (non-hydrogen) atoms. The standard InChI is InChI=1S/C31H31F3N6O2S/c1-20(2)39(21(3)4)30(41)38-43(42,37-25-9-7-8-24(18-25)35-6)27-16-14-26(15-17-27)40-28(19-29(36-40)31(32,33)34)23-12-10-22(5)11-13-23/h7-21H,1-5H3,(H,37,38,41,42). The minimum Gasteiger partial charge on any atom is -0.317 e. The predicted molar refractivity (Wildman–Crippen MR) is 161 cm³/mol. The number of nitrogens with zero attached hydrogens (tertiary/aromatic N) is 5. The van der Waals surface area contributed by atoms with Gasteiger partial charge < -0.3 is 4.90 Å². The van der Waals surface area contributed by atoms with Crippen molar-refractivity contribution >= 4 is 27.3 Å². The van der Waals surface area contributed by atoms with Gasteiger partial charge in [0, 0.05) is 23.3 Å². The first-order valence-corrected chi connectivity index (χ1v) is 14.9. The third-order valence-electron chi connectivity index (χ3n) is 6.52. The van der Waals surface area contributed by atoms with Gasteiger partial charge in [0.2, 0.25) is 0 Å². The number of amides is 2. The molecule has 0 aliphatic carbocycles. The van der Waals surface area contributed by atoms with Gasteiger partial charge in [-0.1, -0.05) is 42.0 Å². The summed E-state index contributed by atoms with van der Waals surface area (Å²) in [6.45, 7) is 16.5. The molecule has 224 valence electrons. The van der Waals surface area contributed by atoms with E-state index in [1.165, 1.54) is 39.9 Å². The van der Waals surface area contributed by atoms with Crippen molar-refractivity contribution in [2.24, 2.45) is 4.36 Å². The zero-order valence-electron chi connectivity index (χ0n) is 24.3. The Morgan fingerprint density at radius 2 is 1.63 bits per heavy atom. The summed E-state index contributed by atoms with van der Waals surface area (Å²) in [6, 6.07) is 18.9. The molecule has 0 aliphatic rings. The lowest BCUT2D eigenvalue weighted by Gasteiger charge is -2.29. The van der Waals surface area contributed by atoms with Crippen LogP contribution in [-0.2, 0) is 16.1 Å². The molecule has 1 unspecified atom stereocenters. The summed E-state index contributed by atoms with van der Waals surface area (Å²) < 4.78 is 63.6. The second kappa shape index (κ2) is 12.3. The average Bonchev–Trinajstić information content (AvgIpc) is 3.39. The molecule has 4 rings (SSSR count). The number of aromatic nitrogens is 2. The second-order valence-corrected chi connectivity index (χ2v) is 12.4. The number of benzene rings is 3. The number of aryl methyl sites for hydroxylation is 1. The molecule has 0 saturated heterocycles. The minimum atomic E-state index is -4.67. The summed E-state index contributed by atoms with van der Waals surface area (Å²) in [7, 11) is -3.67. The third-order valence-corrected chi connectivity index (χ3v) is 8.36. The Morgan fingerprint density at radius 3 is 2.19 bits per heavy atom. The smallest absolute Gasteiger partial charge is 0.317 e. The first kappa shape index (κ1) is 31.3. The fourth-order valence-corrected chi connectivity index (χ4v) is 6.08. The maximum Gasteiger partial charge on any atom is 0.435 e. The van der Waals surface area contributed by atoms with Gasteiger partial charge in [-0.05, 0) is 77.1 Å². The van der Waals surface area contributed by atoms with Crippen LogP contribution in [0.1, 0.15) is 39.0 Å². The van der Waals surface area contributed by atoms with E-state index in [-0.39, 0.29) is 28.4 Å². The van der Waals surface area contributed by atoms with Crippen LogP contribution in [0.25, 0.3) is 21.8 Å². The van der Waals surface area contributed by atoms with E-state index < -0.39 is 27.8 Å². The SMILES string of the molecule is [C-]#[N+]c1cccc(NS(=O)(=NC(=O)N(C(C)C)C(C)C)c2ccc(-n3nc(C(F)(F)F)cc3-c3ccc(C)cc3)cc2)c1. The normalized spacial score (nSPS) is 13.0. The zero-order valence-corrected chi connectivity index (χ0v) is 25.1. The Bertz CT molecular complexity index is 1770. The first-order chi connectivity index (χ1) is 20.2. The Labute approximate surface area is 249 Å². The van der Waals surface area contributed by atoms with Crippen LogP contribution in [0.5, 0.6) is 0 Å². The summed E-state index contributed by atoms with van der Waals surface area (Å²) in [5.41, 5.74) is 1.53. The molecule has 3 aromatic carbocycles. The fourth-order valence-electron chi connectivity index (χ4n) is 4.55. The molecule has 12 heteroatoms. The Hall–Kier alpha value is -4.63. The van der Waals surface area contributed by atoms with Gasteiger partial charge in [0.15, 0.2) is 21.3 Å². The van der Waals surface area contributed by atoms with Crippen molar-refractivity contribution in [3.05, 3.63) is 102 Å². The highest BCUT2D eigenvalue weighted by Crippen LogP contribution is 2.34. The number of alkyl halides is 3. The molecule has 0 bridgehead atoms. The van der Waals surface area contributed by atoms with Crippen molar-refractivity contribution in [3.8, 4) is 16.9 Å². The van der Waals surface area contributed by atoms with Gasteiger partial charge in [-0.2, -0.15) is 18.3 Å². The third kappa shape index (κ3) is 7.06. The van der Waals surface area contributed by atoms with Crippen LogP contribution in [0.3, 0.4) is 0 Å². The fraction of sp³-hybridized carbons (Fsp3) is 0.258. The van der Waals surface area contributed by atoms with Crippen molar-refractivity contribution in [1.29, 1.82) is 0 Å². The number of carbonyl (C=O) groups excluding carboxylic acids is 1. The largest absolute Gasteiger partial charge is 0.435 e. The van der Waals surface area contributed by atoms with Crippen LogP contribution >= 0.6 is 0 Å². The van der Waals surface area contributed by atoms with Crippen LogP contribution in [0.15, 0.2) is 88.1 Å². The van der Waals surface area contributed by atoms with Crippen LogP contribution < -0.4 is 4.72 Å². The number of urea groups is 1.